The second kappa shape index (κ2) is 11.8. The van der Waals surface area contributed by atoms with Crippen molar-refractivity contribution in [1.29, 1.82) is 0 Å². The van der Waals surface area contributed by atoms with Crippen LogP contribution in [-0.4, -0.2) is 44.9 Å². The molecule has 5 aromatic rings. The van der Waals surface area contributed by atoms with Crippen molar-refractivity contribution in [2.45, 2.75) is 0 Å². The van der Waals surface area contributed by atoms with E-state index in [0.717, 1.165) is 0 Å². The van der Waals surface area contributed by atoms with Gasteiger partial charge in [-0.15, -0.1) is 5.10 Å². The predicted octanol–water partition coefficient (Wildman–Crippen LogP) is 4.38. The van der Waals surface area contributed by atoms with Crippen LogP contribution < -0.4 is 26.1 Å². The van der Waals surface area contributed by atoms with E-state index in [1.165, 1.54) is 42.1 Å². The van der Waals surface area contributed by atoms with E-state index in [1.807, 2.05) is 30.3 Å². The van der Waals surface area contributed by atoms with E-state index in [9.17, 15) is 9.59 Å². The number of methoxy groups -OCH3 is 2. The SMILES string of the molecule is COc1ccc(NC(=O)C(=Cc2ccccc2)n2cc(OC)c(-c3cc(Cl)ccc3-n3cnnn3)cc2=O)c(N)c1. The summed E-state index contributed by atoms with van der Waals surface area (Å²) in [6, 6.07) is 20.5. The van der Waals surface area contributed by atoms with Crippen LogP contribution in [0.4, 0.5) is 11.4 Å². The average Bonchev–Trinajstić information content (AvgIpc) is 3.52. The van der Waals surface area contributed by atoms with E-state index in [2.05, 4.69) is 20.8 Å². The zero-order valence-electron chi connectivity index (χ0n) is 22.0. The van der Waals surface area contributed by atoms with Gasteiger partial charge in [0.1, 0.15) is 23.5 Å². The highest BCUT2D eigenvalue weighted by Gasteiger charge is 2.20. The van der Waals surface area contributed by atoms with Crippen LogP contribution in [0.5, 0.6) is 11.5 Å². The van der Waals surface area contributed by atoms with Crippen LogP contribution in [0.1, 0.15) is 5.56 Å². The number of anilines is 2. The normalized spacial score (nSPS) is 11.2. The highest BCUT2D eigenvalue weighted by molar-refractivity contribution is 6.31. The second-order valence-electron chi connectivity index (χ2n) is 8.73. The number of halogens is 1. The minimum absolute atomic E-state index is 0.0352. The van der Waals surface area contributed by atoms with Gasteiger partial charge in [0, 0.05) is 28.3 Å². The van der Waals surface area contributed by atoms with Crippen molar-refractivity contribution in [2.24, 2.45) is 0 Å². The zero-order valence-corrected chi connectivity index (χ0v) is 22.7. The molecule has 0 bridgehead atoms. The number of amides is 1. The van der Waals surface area contributed by atoms with Crippen molar-refractivity contribution in [3.8, 4) is 28.3 Å². The average molecular weight is 570 g/mol. The first-order valence-electron chi connectivity index (χ1n) is 12.2. The van der Waals surface area contributed by atoms with Gasteiger partial charge in [0.15, 0.2) is 0 Å². The van der Waals surface area contributed by atoms with Crippen LogP contribution in [0.15, 0.2) is 90.1 Å². The van der Waals surface area contributed by atoms with E-state index in [0.29, 0.717) is 50.3 Å². The molecule has 11 nitrogen and oxygen atoms in total. The molecule has 0 saturated carbocycles. The van der Waals surface area contributed by atoms with Gasteiger partial charge in [0.2, 0.25) is 0 Å². The second-order valence-corrected chi connectivity index (χ2v) is 9.16. The largest absolute Gasteiger partial charge is 0.497 e. The lowest BCUT2D eigenvalue weighted by molar-refractivity contribution is -0.111. The van der Waals surface area contributed by atoms with Crippen LogP contribution in [-0.2, 0) is 4.79 Å². The Kier molecular flexibility index (Phi) is 7.79. The topological polar surface area (TPSA) is 139 Å². The summed E-state index contributed by atoms with van der Waals surface area (Å²) in [7, 11) is 2.99. The Hall–Kier alpha value is -5.42. The van der Waals surface area contributed by atoms with Crippen molar-refractivity contribution in [2.75, 3.05) is 25.3 Å². The van der Waals surface area contributed by atoms with E-state index in [-0.39, 0.29) is 5.70 Å². The first-order chi connectivity index (χ1) is 19.9. The Morgan fingerprint density at radius 3 is 2.49 bits per heavy atom. The molecule has 0 spiro atoms. The number of nitrogens with one attached hydrogen (secondary N) is 1. The molecular formula is C29H24ClN7O4. The van der Waals surface area contributed by atoms with E-state index in [1.54, 1.807) is 42.5 Å². The Morgan fingerprint density at radius 2 is 1.80 bits per heavy atom. The number of hydrogen-bond acceptors (Lipinski definition) is 8. The smallest absolute Gasteiger partial charge is 0.272 e. The molecule has 3 N–H and O–H groups in total. The Bertz CT molecular complexity index is 1800. The summed E-state index contributed by atoms with van der Waals surface area (Å²) in [6.45, 7) is 0. The summed E-state index contributed by atoms with van der Waals surface area (Å²) < 4.78 is 13.6. The van der Waals surface area contributed by atoms with Crippen molar-refractivity contribution in [3.05, 3.63) is 106 Å². The third-order valence-electron chi connectivity index (χ3n) is 6.18. The molecule has 1 amide bonds. The molecule has 0 unspecified atom stereocenters. The van der Waals surface area contributed by atoms with Crippen molar-refractivity contribution in [1.82, 2.24) is 24.8 Å². The first kappa shape index (κ1) is 27.2. The van der Waals surface area contributed by atoms with Crippen molar-refractivity contribution in [3.63, 3.8) is 0 Å². The van der Waals surface area contributed by atoms with Gasteiger partial charge in [0.05, 0.1) is 37.5 Å². The molecule has 0 saturated heterocycles. The molecule has 41 heavy (non-hydrogen) atoms. The number of rotatable bonds is 8. The highest BCUT2D eigenvalue weighted by atomic mass is 35.5. The van der Waals surface area contributed by atoms with E-state index in [4.69, 9.17) is 26.8 Å². The molecule has 5 rings (SSSR count). The minimum Gasteiger partial charge on any atom is -0.497 e. The van der Waals surface area contributed by atoms with E-state index < -0.39 is 11.5 Å². The Balaban J connectivity index is 1.64. The lowest BCUT2D eigenvalue weighted by Gasteiger charge is -2.17. The van der Waals surface area contributed by atoms with Crippen molar-refractivity contribution >= 4 is 40.7 Å². The van der Waals surface area contributed by atoms with Crippen LogP contribution in [0.25, 0.3) is 28.6 Å². The number of benzene rings is 3. The lowest BCUT2D eigenvalue weighted by Crippen LogP contribution is -2.26. The number of aromatic nitrogens is 5. The molecule has 2 aromatic heterocycles. The van der Waals surface area contributed by atoms with Crippen LogP contribution in [0.2, 0.25) is 5.02 Å². The fraction of sp³-hybridized carbons (Fsp3) is 0.0690. The number of carbonyl (C=O) groups is 1. The molecular weight excluding hydrogens is 546 g/mol. The molecule has 0 aliphatic carbocycles. The maximum absolute atomic E-state index is 13.7. The maximum atomic E-state index is 13.7. The van der Waals surface area contributed by atoms with Gasteiger partial charge in [-0.05, 0) is 52.4 Å². The van der Waals surface area contributed by atoms with Gasteiger partial charge in [-0.25, -0.2) is 0 Å². The van der Waals surface area contributed by atoms with Gasteiger partial charge >= 0.3 is 0 Å². The van der Waals surface area contributed by atoms with Gasteiger partial charge in [-0.3, -0.25) is 14.2 Å². The monoisotopic (exact) mass is 569 g/mol. The van der Waals surface area contributed by atoms with Crippen LogP contribution in [0.3, 0.4) is 0 Å². The van der Waals surface area contributed by atoms with Gasteiger partial charge in [0.25, 0.3) is 11.5 Å². The van der Waals surface area contributed by atoms with Crippen LogP contribution in [0, 0.1) is 0 Å². The fourth-order valence-electron chi connectivity index (χ4n) is 4.19. The fourth-order valence-corrected chi connectivity index (χ4v) is 4.36. The Morgan fingerprint density at radius 1 is 1.00 bits per heavy atom. The lowest BCUT2D eigenvalue weighted by atomic mass is 10.0. The summed E-state index contributed by atoms with van der Waals surface area (Å²) in [5.41, 5.74) is 8.58. The van der Waals surface area contributed by atoms with Crippen molar-refractivity contribution < 1.29 is 14.3 Å². The third-order valence-corrected chi connectivity index (χ3v) is 6.42. The summed E-state index contributed by atoms with van der Waals surface area (Å²) in [5.74, 6) is 0.274. The number of nitrogen functional groups attached to an aromatic ring is 1. The first-order valence-corrected chi connectivity index (χ1v) is 12.6. The standard InChI is InChI=1S/C29H24ClN7O4/c1-40-20-9-10-24(23(31)14-20)33-29(39)26(12-18-6-4-3-5-7-18)36-16-27(41-2)22(15-28(36)38)21-13-19(30)8-11-25(21)37-17-32-34-35-37/h3-17H,31H2,1-2H3,(H,33,39). The van der Waals surface area contributed by atoms with E-state index >= 15 is 0 Å². The molecule has 0 radical (unpaired) electrons. The number of hydrogen-bond donors (Lipinski definition) is 2. The molecule has 0 atom stereocenters. The summed E-state index contributed by atoms with van der Waals surface area (Å²) in [6.07, 6.45) is 4.48. The number of carbonyl (C=O) groups excluding carboxylic acids is 1. The number of nitrogens with two attached hydrogens (primary N) is 1. The minimum atomic E-state index is -0.570. The molecule has 0 aliphatic heterocycles. The number of ether oxygens (including phenoxy) is 2. The molecule has 0 aliphatic rings. The van der Waals surface area contributed by atoms with Gasteiger partial charge in [-0.2, -0.15) is 4.68 Å². The number of tetrazole rings is 1. The summed E-state index contributed by atoms with van der Waals surface area (Å²) >= 11 is 6.32. The molecule has 2 heterocycles. The summed E-state index contributed by atoms with van der Waals surface area (Å²) in [4.78, 5) is 27.3. The van der Waals surface area contributed by atoms with Crippen LogP contribution >= 0.6 is 11.6 Å². The number of nitrogens with zero attached hydrogens (tertiary/aromatic N) is 5. The summed E-state index contributed by atoms with van der Waals surface area (Å²) in [5, 5.41) is 14.6. The zero-order chi connectivity index (χ0) is 28.9. The van der Waals surface area contributed by atoms with Gasteiger partial charge < -0.3 is 20.5 Å². The maximum Gasteiger partial charge on any atom is 0.272 e. The molecule has 206 valence electrons. The van der Waals surface area contributed by atoms with Gasteiger partial charge in [-0.1, -0.05) is 41.9 Å². The quantitative estimate of drug-likeness (QED) is 0.207. The number of pyridine rings is 1. The Labute approximate surface area is 239 Å². The molecule has 12 heteroatoms. The molecule has 0 fully saturated rings. The third kappa shape index (κ3) is 5.80. The molecule has 3 aromatic carbocycles. The predicted molar refractivity (Wildman–Crippen MR) is 157 cm³/mol. The highest BCUT2D eigenvalue weighted by Crippen LogP contribution is 2.35.